The van der Waals surface area contributed by atoms with E-state index in [0.717, 1.165) is 29.7 Å². The quantitative estimate of drug-likeness (QED) is 0.0979. The first-order chi connectivity index (χ1) is 20.4. The van der Waals surface area contributed by atoms with Crippen molar-refractivity contribution in [3.8, 4) is 5.75 Å². The maximum Gasteiger partial charge on any atom is 0.327 e. The van der Waals surface area contributed by atoms with Crippen molar-refractivity contribution in [1.29, 1.82) is 0 Å². The molecule has 0 spiro atoms. The number of aromatic hydroxyl groups is 1. The fraction of sp³-hybridized carbons (Fsp3) is 0.821. The number of esters is 1. The molecule has 1 rings (SSSR count). The minimum absolute atomic E-state index is 0.0856. The van der Waals surface area contributed by atoms with Crippen molar-refractivity contribution < 1.29 is 14.6 Å². The van der Waals surface area contributed by atoms with Crippen LogP contribution in [0.1, 0.15) is 183 Å². The zero-order chi connectivity index (χ0) is 32.4. The van der Waals surface area contributed by atoms with Crippen LogP contribution in [0.2, 0.25) is 0 Å². The van der Waals surface area contributed by atoms with Crippen LogP contribution in [-0.4, -0.2) is 23.4 Å². The van der Waals surface area contributed by atoms with Gasteiger partial charge < -0.3 is 9.84 Å². The van der Waals surface area contributed by atoms with Crippen molar-refractivity contribution >= 4 is 17.7 Å². The average Bonchev–Trinajstić information content (AvgIpc) is 2.93. The van der Waals surface area contributed by atoms with E-state index in [1.54, 1.807) is 17.8 Å². The average molecular weight is 619 g/mol. The summed E-state index contributed by atoms with van der Waals surface area (Å²) in [5.74, 6) is 1.17. The first kappa shape index (κ1) is 39.9. The predicted molar refractivity (Wildman–Crippen MR) is 190 cm³/mol. The number of benzene rings is 1. The normalized spacial score (nSPS) is 14.4. The van der Waals surface area contributed by atoms with Crippen LogP contribution in [0, 0.1) is 11.3 Å². The van der Waals surface area contributed by atoms with Gasteiger partial charge in [-0.3, -0.25) is 4.79 Å². The Labute approximate surface area is 272 Å². The molecule has 43 heavy (non-hydrogen) atoms. The van der Waals surface area contributed by atoms with Gasteiger partial charge >= 0.3 is 5.97 Å². The highest BCUT2D eigenvalue weighted by molar-refractivity contribution is 8.00. The van der Waals surface area contributed by atoms with Gasteiger partial charge in [0.25, 0.3) is 0 Å². The van der Waals surface area contributed by atoms with Crippen molar-refractivity contribution in [1.82, 2.24) is 0 Å². The van der Waals surface area contributed by atoms with Crippen LogP contribution in [0.4, 0.5) is 0 Å². The van der Waals surface area contributed by atoms with Gasteiger partial charge in [-0.2, -0.15) is 0 Å². The van der Waals surface area contributed by atoms with Gasteiger partial charge in [0.1, 0.15) is 10.5 Å². The molecule has 0 saturated carbocycles. The summed E-state index contributed by atoms with van der Waals surface area (Å²) in [6.07, 6.45) is 22.6. The van der Waals surface area contributed by atoms with E-state index in [-0.39, 0.29) is 22.7 Å². The van der Waals surface area contributed by atoms with Gasteiger partial charge in [-0.25, -0.2) is 0 Å². The second-order valence-corrected chi connectivity index (χ2v) is 16.3. The third-order valence-electron chi connectivity index (χ3n) is 9.08. The summed E-state index contributed by atoms with van der Waals surface area (Å²) >= 11 is 1.79. The lowest BCUT2D eigenvalue weighted by molar-refractivity contribution is -0.149. The van der Waals surface area contributed by atoms with E-state index in [1.807, 2.05) is 13.0 Å². The first-order valence-corrected chi connectivity index (χ1v) is 19.0. The van der Waals surface area contributed by atoms with Crippen LogP contribution < -0.4 is 0 Å². The number of rotatable bonds is 23. The Morgan fingerprint density at radius 3 is 1.60 bits per heavy atom. The highest BCUT2D eigenvalue weighted by Gasteiger charge is 2.52. The van der Waals surface area contributed by atoms with Crippen molar-refractivity contribution in [3.05, 3.63) is 29.3 Å². The number of hydrogen-bond acceptors (Lipinski definition) is 4. The maximum absolute atomic E-state index is 14.1. The molecule has 0 saturated heterocycles. The summed E-state index contributed by atoms with van der Waals surface area (Å²) < 4.78 is 5.04. The van der Waals surface area contributed by atoms with Gasteiger partial charge in [0, 0.05) is 0 Å². The fourth-order valence-corrected chi connectivity index (χ4v) is 8.57. The molecule has 1 aromatic rings. The Balaban J connectivity index is 2.74. The van der Waals surface area contributed by atoms with E-state index in [4.69, 9.17) is 4.74 Å². The standard InChI is InChI=1S/C39H70O3S/c1-10-13-14-15-16-17-18-19-20-21-22-23-24-25-26-27-30-43-39(36(41)42-12-3,35(11-2)38(7,8)9)32-28-29-34(40)33(31-32)37(4,5)6/h28-29,31,35,40H,10-27,30H2,1-9H3. The Hall–Kier alpha value is -1.16. The Morgan fingerprint density at radius 1 is 0.744 bits per heavy atom. The Morgan fingerprint density at radius 2 is 1.21 bits per heavy atom. The van der Waals surface area contributed by atoms with Gasteiger partial charge in [0.2, 0.25) is 0 Å². The molecule has 250 valence electrons. The SMILES string of the molecule is CCCCCCCCCCCCCCCCCCSC(C(=O)OCC)(c1ccc(O)c(C(C)(C)C)c1)C(CC)C(C)(C)C. The highest BCUT2D eigenvalue weighted by Crippen LogP contribution is 2.53. The molecule has 2 atom stereocenters. The summed E-state index contributed by atoms with van der Waals surface area (Å²) in [4.78, 5) is 14.1. The third-order valence-corrected chi connectivity index (χ3v) is 10.7. The van der Waals surface area contributed by atoms with Gasteiger partial charge in [0.05, 0.1) is 6.61 Å². The molecule has 0 amide bonds. The number of phenolic OH excluding ortho intramolecular Hbond substituents is 1. The summed E-state index contributed by atoms with van der Waals surface area (Å²) in [5.41, 5.74) is 1.52. The lowest BCUT2D eigenvalue weighted by atomic mass is 9.68. The van der Waals surface area contributed by atoms with E-state index < -0.39 is 4.75 Å². The molecule has 0 bridgehead atoms. The van der Waals surface area contributed by atoms with Crippen molar-refractivity contribution in [3.63, 3.8) is 0 Å². The van der Waals surface area contributed by atoms with E-state index >= 15 is 0 Å². The first-order valence-electron chi connectivity index (χ1n) is 18.0. The molecule has 0 aliphatic rings. The summed E-state index contributed by atoms with van der Waals surface area (Å²) in [6.45, 7) is 19.8. The molecular weight excluding hydrogens is 548 g/mol. The Kier molecular flexibility index (Phi) is 19.3. The lowest BCUT2D eigenvalue weighted by Gasteiger charge is -2.45. The molecule has 2 unspecified atom stereocenters. The highest BCUT2D eigenvalue weighted by atomic mass is 32.2. The second-order valence-electron chi connectivity index (χ2n) is 14.9. The van der Waals surface area contributed by atoms with Gasteiger partial charge in [-0.1, -0.05) is 164 Å². The third kappa shape index (κ3) is 13.8. The monoisotopic (exact) mass is 619 g/mol. The molecule has 0 aliphatic heterocycles. The topological polar surface area (TPSA) is 46.5 Å². The lowest BCUT2D eigenvalue weighted by Crippen LogP contribution is -2.47. The van der Waals surface area contributed by atoms with E-state index in [9.17, 15) is 9.90 Å². The van der Waals surface area contributed by atoms with E-state index in [1.165, 1.54) is 96.3 Å². The van der Waals surface area contributed by atoms with Crippen molar-refractivity contribution in [2.24, 2.45) is 11.3 Å². The van der Waals surface area contributed by atoms with Crippen LogP contribution in [0.5, 0.6) is 5.75 Å². The van der Waals surface area contributed by atoms with Crippen molar-refractivity contribution in [2.45, 2.75) is 182 Å². The van der Waals surface area contributed by atoms with Gasteiger partial charge in [-0.15, -0.1) is 11.8 Å². The van der Waals surface area contributed by atoms with Crippen LogP contribution in [-0.2, 0) is 19.7 Å². The summed E-state index contributed by atoms with van der Waals surface area (Å²) in [7, 11) is 0. The molecule has 0 aromatic heterocycles. The van der Waals surface area contributed by atoms with Crippen LogP contribution in [0.3, 0.4) is 0 Å². The van der Waals surface area contributed by atoms with Gasteiger partial charge in [-0.05, 0) is 59.1 Å². The van der Waals surface area contributed by atoms with Crippen LogP contribution >= 0.6 is 11.8 Å². The molecule has 0 fully saturated rings. The number of thioether (sulfide) groups is 1. The van der Waals surface area contributed by atoms with E-state index in [2.05, 4.69) is 61.5 Å². The van der Waals surface area contributed by atoms with Crippen molar-refractivity contribution in [2.75, 3.05) is 12.4 Å². The number of carbonyl (C=O) groups is 1. The zero-order valence-electron chi connectivity index (χ0n) is 29.9. The number of ether oxygens (including phenoxy) is 1. The summed E-state index contributed by atoms with van der Waals surface area (Å²) in [6, 6.07) is 5.84. The number of phenols is 1. The molecule has 1 N–H and O–H groups in total. The second kappa shape index (κ2) is 20.8. The molecule has 3 nitrogen and oxygen atoms in total. The molecular formula is C39H70O3S. The smallest absolute Gasteiger partial charge is 0.327 e. The maximum atomic E-state index is 14.1. The van der Waals surface area contributed by atoms with Gasteiger partial charge in [0.15, 0.2) is 0 Å². The fourth-order valence-electron chi connectivity index (χ4n) is 6.70. The molecule has 4 heteroatoms. The van der Waals surface area contributed by atoms with E-state index in [0.29, 0.717) is 12.4 Å². The van der Waals surface area contributed by atoms with Crippen LogP contribution in [0.25, 0.3) is 0 Å². The molecule has 0 heterocycles. The minimum Gasteiger partial charge on any atom is -0.508 e. The number of carbonyl (C=O) groups excluding carboxylic acids is 1. The zero-order valence-corrected chi connectivity index (χ0v) is 30.7. The summed E-state index contributed by atoms with van der Waals surface area (Å²) in [5, 5.41) is 10.7. The van der Waals surface area contributed by atoms with Crippen LogP contribution in [0.15, 0.2) is 18.2 Å². The molecule has 0 radical (unpaired) electrons. The molecule has 1 aromatic carbocycles. The Bertz CT molecular complexity index is 881. The number of unbranched alkanes of at least 4 members (excludes halogenated alkanes) is 15. The minimum atomic E-state index is -0.813. The molecule has 0 aliphatic carbocycles. The largest absolute Gasteiger partial charge is 0.508 e. The predicted octanol–water partition coefficient (Wildman–Crippen LogP) is 12.5. The number of hydrogen-bond donors (Lipinski definition) is 1.